The number of ether oxygens (including phenoxy) is 6. The predicted molar refractivity (Wildman–Crippen MR) is 124 cm³/mol. The molecule has 0 radical (unpaired) electrons. The molecule has 36 heavy (non-hydrogen) atoms. The van der Waals surface area contributed by atoms with Gasteiger partial charge in [0.15, 0.2) is 0 Å². The predicted octanol–water partition coefficient (Wildman–Crippen LogP) is 2.05. The van der Waals surface area contributed by atoms with E-state index in [1.807, 2.05) is 24.3 Å². The number of hydrogen-bond donors (Lipinski definition) is 0. The Morgan fingerprint density at radius 2 is 0.917 bits per heavy atom. The summed E-state index contributed by atoms with van der Waals surface area (Å²) in [6.45, 7) is 14.8. The highest BCUT2D eigenvalue weighted by molar-refractivity contribution is 4.88. The molecule has 0 saturated carbocycles. The van der Waals surface area contributed by atoms with Gasteiger partial charge in [0.1, 0.15) is 37.6 Å². The van der Waals surface area contributed by atoms with E-state index in [-0.39, 0.29) is 91.6 Å². The van der Waals surface area contributed by atoms with Gasteiger partial charge in [0.25, 0.3) is 0 Å². The molecular formula is C24H32N6O6. The van der Waals surface area contributed by atoms with Gasteiger partial charge >= 0.3 is 0 Å². The fraction of sp³-hybridized carbons (Fsp3) is 0.750. The lowest BCUT2D eigenvalue weighted by atomic mass is 10.0. The van der Waals surface area contributed by atoms with Gasteiger partial charge in [-0.3, -0.25) is 0 Å². The summed E-state index contributed by atoms with van der Waals surface area (Å²) >= 11 is 0. The summed E-state index contributed by atoms with van der Waals surface area (Å²) in [5.41, 5.74) is 0. The van der Waals surface area contributed by atoms with E-state index in [1.165, 1.54) is 0 Å². The van der Waals surface area contributed by atoms with Crippen LogP contribution in [0.2, 0.25) is 0 Å². The lowest BCUT2D eigenvalue weighted by molar-refractivity contribution is -0.194. The van der Waals surface area contributed by atoms with Gasteiger partial charge in [0, 0.05) is 0 Å². The second kappa shape index (κ2) is 24.8. The van der Waals surface area contributed by atoms with Crippen molar-refractivity contribution >= 4 is 0 Å². The van der Waals surface area contributed by atoms with Crippen molar-refractivity contribution in [1.82, 2.24) is 0 Å². The van der Waals surface area contributed by atoms with Gasteiger partial charge in [0.05, 0.1) is 89.6 Å². The molecule has 0 spiro atoms. The molecule has 0 aromatic carbocycles. The molecule has 194 valence electrons. The number of hydrogen-bond acceptors (Lipinski definition) is 10. The molecule has 0 rings (SSSR count). The maximum Gasteiger partial charge on any atom is 0.237 e. The third kappa shape index (κ3) is 16.3. The third-order valence-electron chi connectivity index (χ3n) is 4.46. The first-order valence-electron chi connectivity index (χ1n) is 11.5. The van der Waals surface area contributed by atoms with Crippen molar-refractivity contribution in [2.24, 2.45) is 0 Å². The molecule has 0 aromatic heterocycles. The van der Waals surface area contributed by atoms with Crippen molar-refractivity contribution in [3.8, 4) is 24.3 Å². The largest absolute Gasteiger partial charge is 0.378 e. The Bertz CT molecular complexity index is 748. The maximum atomic E-state index is 9.01. The molecule has 0 N–H and O–H groups in total. The molecule has 0 bridgehead atoms. The summed E-state index contributed by atoms with van der Waals surface area (Å²) in [6, 6.07) is 8.01. The first-order valence-corrected chi connectivity index (χ1v) is 11.5. The summed E-state index contributed by atoms with van der Waals surface area (Å²) in [5.74, 6) is 0. The van der Waals surface area contributed by atoms with Crippen LogP contribution >= 0.6 is 0 Å². The minimum absolute atomic E-state index is 0.00971. The standard InChI is InChI=1S/C24H32N6O6/c1-29-11-17-32-20-22(34-18-12-30-2)24(36-16-6-10-28)23(35-15-5-9-27)21(33-14-4-8-26)19-31-13-3-7-25/h21-24H,3-6,11-20H2. The molecule has 0 fully saturated rings. The van der Waals surface area contributed by atoms with Gasteiger partial charge in [0.2, 0.25) is 13.1 Å². The fourth-order valence-electron chi connectivity index (χ4n) is 2.92. The third-order valence-corrected chi connectivity index (χ3v) is 4.46. The highest BCUT2D eigenvalue weighted by Gasteiger charge is 2.38. The van der Waals surface area contributed by atoms with E-state index in [0.717, 1.165) is 0 Å². The van der Waals surface area contributed by atoms with Gasteiger partial charge in [-0.05, 0) is 0 Å². The molecule has 0 aliphatic carbocycles. The van der Waals surface area contributed by atoms with Crippen LogP contribution in [0.1, 0.15) is 25.7 Å². The summed E-state index contributed by atoms with van der Waals surface area (Å²) in [7, 11) is 0. The van der Waals surface area contributed by atoms with Crippen LogP contribution in [0.5, 0.6) is 0 Å². The SMILES string of the molecule is [C-]#[N+]CCOCC(OCC[N+]#[C-])C(OCCC#N)C(OCCC#N)C(COCCC#N)OCCC#N. The van der Waals surface area contributed by atoms with Gasteiger partial charge in [-0.2, -0.15) is 21.0 Å². The molecule has 4 unspecified atom stereocenters. The number of nitriles is 4. The number of nitrogens with zero attached hydrogens (tertiary/aromatic N) is 6. The molecule has 0 aromatic rings. The van der Waals surface area contributed by atoms with Crippen LogP contribution < -0.4 is 0 Å². The average molecular weight is 501 g/mol. The molecule has 4 atom stereocenters. The smallest absolute Gasteiger partial charge is 0.237 e. The second-order valence-corrected chi connectivity index (χ2v) is 7.04. The Hall–Kier alpha value is -3.30. The zero-order valence-corrected chi connectivity index (χ0v) is 20.3. The summed E-state index contributed by atoms with van der Waals surface area (Å²) in [4.78, 5) is 6.55. The molecule has 12 nitrogen and oxygen atoms in total. The van der Waals surface area contributed by atoms with Crippen LogP contribution in [0.25, 0.3) is 9.69 Å². The fourth-order valence-corrected chi connectivity index (χ4v) is 2.92. The summed E-state index contributed by atoms with van der Waals surface area (Å²) in [6.07, 6.45) is -2.78. The molecule has 12 heteroatoms. The van der Waals surface area contributed by atoms with Crippen LogP contribution in [0.3, 0.4) is 0 Å². The lowest BCUT2D eigenvalue weighted by Gasteiger charge is -2.37. The Morgan fingerprint density at radius 3 is 1.39 bits per heavy atom. The van der Waals surface area contributed by atoms with Crippen molar-refractivity contribution in [2.45, 2.75) is 50.1 Å². The van der Waals surface area contributed by atoms with Crippen molar-refractivity contribution < 1.29 is 28.4 Å². The van der Waals surface area contributed by atoms with Crippen molar-refractivity contribution in [3.63, 3.8) is 0 Å². The normalized spacial score (nSPS) is 13.5. The first kappa shape index (κ1) is 32.7. The Labute approximate surface area is 213 Å². The number of rotatable bonds is 23. The van der Waals surface area contributed by atoms with Crippen molar-refractivity contribution in [3.05, 3.63) is 22.8 Å². The molecular weight excluding hydrogens is 468 g/mol. The molecule has 0 heterocycles. The highest BCUT2D eigenvalue weighted by Crippen LogP contribution is 2.20. The van der Waals surface area contributed by atoms with Crippen LogP contribution in [0.15, 0.2) is 0 Å². The van der Waals surface area contributed by atoms with E-state index in [4.69, 9.17) is 62.6 Å². The second-order valence-electron chi connectivity index (χ2n) is 7.04. The van der Waals surface area contributed by atoms with E-state index < -0.39 is 24.4 Å². The van der Waals surface area contributed by atoms with Crippen molar-refractivity contribution in [1.29, 1.82) is 21.0 Å². The quantitative estimate of drug-likeness (QED) is 0.150. The van der Waals surface area contributed by atoms with E-state index in [1.54, 1.807) is 0 Å². The van der Waals surface area contributed by atoms with Crippen LogP contribution in [0, 0.1) is 58.5 Å². The van der Waals surface area contributed by atoms with E-state index >= 15 is 0 Å². The minimum atomic E-state index is -0.861. The van der Waals surface area contributed by atoms with E-state index in [2.05, 4.69) is 9.69 Å². The van der Waals surface area contributed by atoms with Gasteiger partial charge in [-0.15, -0.1) is 0 Å². The van der Waals surface area contributed by atoms with E-state index in [9.17, 15) is 0 Å². The highest BCUT2D eigenvalue weighted by atomic mass is 16.6. The molecule has 0 saturated heterocycles. The van der Waals surface area contributed by atoms with E-state index in [0.29, 0.717) is 0 Å². The van der Waals surface area contributed by atoms with Crippen LogP contribution in [-0.2, 0) is 28.4 Å². The molecule has 0 aliphatic rings. The Balaban J connectivity index is 6.02. The van der Waals surface area contributed by atoms with Gasteiger partial charge < -0.3 is 38.1 Å². The Morgan fingerprint density at radius 1 is 0.528 bits per heavy atom. The molecule has 0 aliphatic heterocycles. The zero-order valence-electron chi connectivity index (χ0n) is 20.3. The first-order chi connectivity index (χ1) is 17.7. The zero-order chi connectivity index (χ0) is 26.7. The topological polar surface area (TPSA) is 159 Å². The Kier molecular flexibility index (Phi) is 22.5. The van der Waals surface area contributed by atoms with Crippen molar-refractivity contribution in [2.75, 3.05) is 65.9 Å². The molecule has 0 amide bonds. The summed E-state index contributed by atoms with van der Waals surface area (Å²) in [5, 5.41) is 35.7. The lowest BCUT2D eigenvalue weighted by Crippen LogP contribution is -2.53. The van der Waals surface area contributed by atoms with Gasteiger partial charge in [-0.1, -0.05) is 0 Å². The monoisotopic (exact) mass is 500 g/mol. The minimum Gasteiger partial charge on any atom is -0.378 e. The van der Waals surface area contributed by atoms with Crippen LogP contribution in [0.4, 0.5) is 0 Å². The van der Waals surface area contributed by atoms with Gasteiger partial charge in [-0.25, -0.2) is 13.1 Å². The van der Waals surface area contributed by atoms with Crippen LogP contribution in [-0.4, -0.2) is 90.4 Å². The average Bonchev–Trinajstić information content (AvgIpc) is 2.88. The maximum absolute atomic E-state index is 9.01. The summed E-state index contributed by atoms with van der Waals surface area (Å²) < 4.78 is 35.0.